The predicted octanol–water partition coefficient (Wildman–Crippen LogP) is 0.703. The third kappa shape index (κ3) is 3.89. The lowest BCUT2D eigenvalue weighted by Crippen LogP contribution is -2.49. The van der Waals surface area contributed by atoms with E-state index in [2.05, 4.69) is 11.8 Å². The van der Waals surface area contributed by atoms with Crippen molar-refractivity contribution in [3.05, 3.63) is 0 Å². The number of likely N-dealkylation sites (tertiary alicyclic amines) is 1. The number of Topliss-reactive ketones (excluding diaryl/α,β-unsaturated/α-hetero) is 1. The minimum absolute atomic E-state index is 0.0917. The lowest BCUT2D eigenvalue weighted by atomic mass is 9.94. The Kier molecular flexibility index (Phi) is 4.70. The molecule has 1 saturated heterocycles. The molecule has 0 aromatic rings. The third-order valence-electron chi connectivity index (χ3n) is 2.94. The molecule has 88 valence electrons. The largest absolute Gasteiger partial charge is 0.377 e. The molecule has 0 bridgehead atoms. The lowest BCUT2D eigenvalue weighted by molar-refractivity contribution is -0.125. The van der Waals surface area contributed by atoms with Crippen molar-refractivity contribution < 1.29 is 14.3 Å². The summed E-state index contributed by atoms with van der Waals surface area (Å²) >= 11 is 0. The van der Waals surface area contributed by atoms with Crippen LogP contribution in [0, 0.1) is 0 Å². The van der Waals surface area contributed by atoms with E-state index < -0.39 is 0 Å². The van der Waals surface area contributed by atoms with Crippen molar-refractivity contribution in [3.63, 3.8) is 0 Å². The summed E-state index contributed by atoms with van der Waals surface area (Å²) in [7, 11) is 3.29. The van der Waals surface area contributed by atoms with Crippen LogP contribution >= 0.6 is 0 Å². The van der Waals surface area contributed by atoms with Crippen LogP contribution in [0.2, 0.25) is 0 Å². The first-order valence-electron chi connectivity index (χ1n) is 5.38. The fraction of sp³-hybridized carbons (Fsp3) is 0.909. The second kappa shape index (κ2) is 5.58. The summed E-state index contributed by atoms with van der Waals surface area (Å²) in [5, 5.41) is 0. The number of piperidine rings is 1. The second-order valence-corrected chi connectivity index (χ2v) is 4.44. The van der Waals surface area contributed by atoms with E-state index in [9.17, 15) is 4.79 Å². The Morgan fingerprint density at radius 2 is 2.20 bits per heavy atom. The molecule has 1 heterocycles. The van der Waals surface area contributed by atoms with Gasteiger partial charge in [-0.05, 0) is 26.3 Å². The summed E-state index contributed by atoms with van der Waals surface area (Å²) in [4.78, 5) is 13.6. The van der Waals surface area contributed by atoms with Gasteiger partial charge in [-0.15, -0.1) is 0 Å². The molecule has 0 amide bonds. The minimum Gasteiger partial charge on any atom is -0.377 e. The van der Waals surface area contributed by atoms with Crippen LogP contribution in [-0.2, 0) is 14.3 Å². The Labute approximate surface area is 91.5 Å². The van der Waals surface area contributed by atoms with Crippen molar-refractivity contribution in [2.45, 2.75) is 25.4 Å². The average molecular weight is 215 g/mol. The van der Waals surface area contributed by atoms with Gasteiger partial charge in [0.25, 0.3) is 0 Å². The maximum Gasteiger partial charge on any atom is 0.172 e. The fourth-order valence-corrected chi connectivity index (χ4v) is 2.07. The summed E-state index contributed by atoms with van der Waals surface area (Å²) < 4.78 is 10.3. The number of methoxy groups -OCH3 is 2. The molecule has 4 heteroatoms. The van der Waals surface area contributed by atoms with Crippen molar-refractivity contribution in [2.75, 3.05) is 40.5 Å². The van der Waals surface area contributed by atoms with Gasteiger partial charge in [0, 0.05) is 20.8 Å². The van der Waals surface area contributed by atoms with Crippen LogP contribution in [0.15, 0.2) is 0 Å². The lowest BCUT2D eigenvalue weighted by Gasteiger charge is -2.39. The molecular formula is C11H21NO3. The maximum atomic E-state index is 11.4. The first-order valence-corrected chi connectivity index (χ1v) is 5.38. The standard InChI is InChI=1S/C11H21NO3/c1-11(15-3)5-4-6-12(9-11)7-10(13)8-14-2/h4-9H2,1-3H3. The van der Waals surface area contributed by atoms with E-state index in [1.54, 1.807) is 14.2 Å². The van der Waals surface area contributed by atoms with Crippen molar-refractivity contribution in [1.29, 1.82) is 0 Å². The Morgan fingerprint density at radius 3 is 2.80 bits per heavy atom. The number of hydrogen-bond acceptors (Lipinski definition) is 4. The molecule has 1 unspecified atom stereocenters. The van der Waals surface area contributed by atoms with E-state index in [0.717, 1.165) is 25.9 Å². The molecule has 1 fully saturated rings. The van der Waals surface area contributed by atoms with E-state index >= 15 is 0 Å². The molecule has 0 spiro atoms. The van der Waals surface area contributed by atoms with Gasteiger partial charge in [-0.2, -0.15) is 0 Å². The zero-order chi connectivity index (χ0) is 11.3. The summed E-state index contributed by atoms with van der Waals surface area (Å²) in [6.45, 7) is 4.60. The summed E-state index contributed by atoms with van der Waals surface area (Å²) in [5.74, 6) is 0.137. The number of carbonyl (C=O) groups excluding carboxylic acids is 1. The van der Waals surface area contributed by atoms with E-state index in [0.29, 0.717) is 6.54 Å². The van der Waals surface area contributed by atoms with Crippen LogP contribution in [0.4, 0.5) is 0 Å². The maximum absolute atomic E-state index is 11.4. The minimum atomic E-state index is -0.0917. The predicted molar refractivity (Wildman–Crippen MR) is 58.0 cm³/mol. The van der Waals surface area contributed by atoms with Crippen LogP contribution in [0.25, 0.3) is 0 Å². The highest BCUT2D eigenvalue weighted by Gasteiger charge is 2.31. The van der Waals surface area contributed by atoms with Gasteiger partial charge in [-0.25, -0.2) is 0 Å². The Morgan fingerprint density at radius 1 is 1.47 bits per heavy atom. The molecule has 0 radical (unpaired) electrons. The van der Waals surface area contributed by atoms with Gasteiger partial charge in [0.05, 0.1) is 12.1 Å². The van der Waals surface area contributed by atoms with E-state index in [1.165, 1.54) is 0 Å². The summed E-state index contributed by atoms with van der Waals surface area (Å²) in [5.41, 5.74) is -0.0917. The second-order valence-electron chi connectivity index (χ2n) is 4.44. The van der Waals surface area contributed by atoms with Gasteiger partial charge in [0.2, 0.25) is 0 Å². The molecule has 4 nitrogen and oxygen atoms in total. The van der Waals surface area contributed by atoms with Crippen LogP contribution < -0.4 is 0 Å². The zero-order valence-electron chi connectivity index (χ0n) is 9.91. The van der Waals surface area contributed by atoms with Crippen LogP contribution in [0.3, 0.4) is 0 Å². The molecule has 0 N–H and O–H groups in total. The van der Waals surface area contributed by atoms with Gasteiger partial charge in [0.1, 0.15) is 6.61 Å². The van der Waals surface area contributed by atoms with Gasteiger partial charge >= 0.3 is 0 Å². The van der Waals surface area contributed by atoms with Crippen molar-refractivity contribution in [1.82, 2.24) is 4.90 Å². The van der Waals surface area contributed by atoms with Crippen LogP contribution in [-0.4, -0.2) is 56.7 Å². The Hall–Kier alpha value is -0.450. The molecule has 15 heavy (non-hydrogen) atoms. The molecule has 1 aliphatic heterocycles. The number of ketones is 1. The van der Waals surface area contributed by atoms with Gasteiger partial charge < -0.3 is 9.47 Å². The molecule has 0 aromatic heterocycles. The highest BCUT2D eigenvalue weighted by atomic mass is 16.5. The van der Waals surface area contributed by atoms with E-state index in [1.807, 2.05) is 0 Å². The SMILES string of the molecule is COCC(=O)CN1CCCC(C)(OC)C1. The molecule has 1 aliphatic rings. The van der Waals surface area contributed by atoms with Gasteiger partial charge in [0.15, 0.2) is 5.78 Å². The molecule has 0 saturated carbocycles. The average Bonchev–Trinajstić information content (AvgIpc) is 2.18. The molecule has 0 aliphatic carbocycles. The van der Waals surface area contributed by atoms with Gasteiger partial charge in [-0.3, -0.25) is 9.69 Å². The van der Waals surface area contributed by atoms with Crippen molar-refractivity contribution in [3.8, 4) is 0 Å². The smallest absolute Gasteiger partial charge is 0.172 e. The van der Waals surface area contributed by atoms with Crippen molar-refractivity contribution >= 4 is 5.78 Å². The molecular weight excluding hydrogens is 194 g/mol. The monoisotopic (exact) mass is 215 g/mol. The number of nitrogens with zero attached hydrogens (tertiary/aromatic N) is 1. The van der Waals surface area contributed by atoms with E-state index in [4.69, 9.17) is 9.47 Å². The Balaban J connectivity index is 2.39. The van der Waals surface area contributed by atoms with Crippen LogP contribution in [0.1, 0.15) is 19.8 Å². The molecule has 1 rings (SSSR count). The van der Waals surface area contributed by atoms with Gasteiger partial charge in [-0.1, -0.05) is 0 Å². The third-order valence-corrected chi connectivity index (χ3v) is 2.94. The number of rotatable bonds is 5. The highest BCUT2D eigenvalue weighted by Crippen LogP contribution is 2.23. The number of ether oxygens (including phenoxy) is 2. The number of hydrogen-bond donors (Lipinski definition) is 0. The summed E-state index contributed by atoms with van der Waals surface area (Å²) in [6, 6.07) is 0. The number of carbonyl (C=O) groups is 1. The summed E-state index contributed by atoms with van der Waals surface area (Å²) in [6.07, 6.45) is 2.16. The quantitative estimate of drug-likeness (QED) is 0.677. The highest BCUT2D eigenvalue weighted by molar-refractivity contribution is 5.81. The normalized spacial score (nSPS) is 27.9. The fourth-order valence-electron chi connectivity index (χ4n) is 2.07. The topological polar surface area (TPSA) is 38.8 Å². The van der Waals surface area contributed by atoms with Crippen LogP contribution in [0.5, 0.6) is 0 Å². The van der Waals surface area contributed by atoms with Crippen molar-refractivity contribution in [2.24, 2.45) is 0 Å². The molecule has 1 atom stereocenters. The first-order chi connectivity index (χ1) is 7.09. The van der Waals surface area contributed by atoms with E-state index in [-0.39, 0.29) is 18.0 Å². The first kappa shape index (κ1) is 12.6. The Bertz CT molecular complexity index is 220. The molecule has 0 aromatic carbocycles. The zero-order valence-corrected chi connectivity index (χ0v) is 9.91.